The minimum Gasteiger partial charge on any atom is -0.448 e. The Labute approximate surface area is 68.7 Å². The van der Waals surface area contributed by atoms with Gasteiger partial charge in [-0.05, 0) is 19.4 Å². The zero-order valence-electron chi connectivity index (χ0n) is 6.60. The van der Waals surface area contributed by atoms with Gasteiger partial charge in [0.2, 0.25) is 0 Å². The van der Waals surface area contributed by atoms with Crippen molar-refractivity contribution in [2.75, 3.05) is 26.2 Å². The predicted molar refractivity (Wildman–Crippen MR) is 38.8 cm³/mol. The molecular formula is C6H10BF3NO-. The Morgan fingerprint density at radius 3 is 2.25 bits per heavy atom. The average Bonchev–Trinajstić information content (AvgIpc) is 1.75. The van der Waals surface area contributed by atoms with Crippen LogP contribution in [0.4, 0.5) is 12.9 Å². The van der Waals surface area contributed by atoms with Crippen LogP contribution in [0.3, 0.4) is 0 Å². The van der Waals surface area contributed by atoms with E-state index in [2.05, 4.69) is 0 Å². The highest BCUT2D eigenvalue weighted by Crippen LogP contribution is 2.38. The molecule has 0 saturated carbocycles. The van der Waals surface area contributed by atoms with Crippen molar-refractivity contribution in [1.82, 2.24) is 4.90 Å². The molecule has 1 spiro atoms. The van der Waals surface area contributed by atoms with E-state index >= 15 is 0 Å². The first kappa shape index (κ1) is 8.38. The largest absolute Gasteiger partial charge is 0.492 e. The van der Waals surface area contributed by atoms with Crippen LogP contribution in [0.2, 0.25) is 0 Å². The van der Waals surface area contributed by atoms with Gasteiger partial charge < -0.3 is 22.6 Å². The van der Waals surface area contributed by atoms with Crippen LogP contribution >= 0.6 is 0 Å². The minimum atomic E-state index is -4.66. The summed E-state index contributed by atoms with van der Waals surface area (Å²) < 4.78 is 41.0. The van der Waals surface area contributed by atoms with Crippen molar-refractivity contribution in [2.24, 2.45) is 0 Å². The zero-order valence-corrected chi connectivity index (χ0v) is 6.60. The molecule has 0 aromatic heterocycles. The Morgan fingerprint density at radius 1 is 1.33 bits per heavy atom. The molecule has 0 unspecified atom stereocenters. The van der Waals surface area contributed by atoms with Crippen molar-refractivity contribution < 1.29 is 17.7 Å². The quantitative estimate of drug-likeness (QED) is 0.584. The van der Waals surface area contributed by atoms with Gasteiger partial charge in [0.05, 0.1) is 18.8 Å². The van der Waals surface area contributed by atoms with Crippen LogP contribution in [0.25, 0.3) is 0 Å². The molecule has 0 bridgehead atoms. The van der Waals surface area contributed by atoms with Crippen molar-refractivity contribution >= 4 is 6.98 Å². The van der Waals surface area contributed by atoms with E-state index in [1.54, 1.807) is 0 Å². The number of ether oxygens (including phenoxy) is 1. The monoisotopic (exact) mass is 180 g/mol. The van der Waals surface area contributed by atoms with E-state index in [9.17, 15) is 12.9 Å². The summed E-state index contributed by atoms with van der Waals surface area (Å²) >= 11 is 0. The SMILES string of the molecule is F[B-](F)(F)CN1CCC12COC2. The van der Waals surface area contributed by atoms with Crippen molar-refractivity contribution in [1.29, 1.82) is 0 Å². The summed E-state index contributed by atoms with van der Waals surface area (Å²) in [6, 6.07) is 0. The van der Waals surface area contributed by atoms with Gasteiger partial charge in [-0.1, -0.05) is 0 Å². The Balaban J connectivity index is 1.89. The summed E-state index contributed by atoms with van der Waals surface area (Å²) in [7, 11) is 0. The number of nitrogens with zero attached hydrogens (tertiary/aromatic N) is 1. The maximum Gasteiger partial charge on any atom is 0.492 e. The molecule has 2 heterocycles. The lowest BCUT2D eigenvalue weighted by Crippen LogP contribution is -2.72. The van der Waals surface area contributed by atoms with Crippen molar-refractivity contribution in [3.05, 3.63) is 0 Å². The molecule has 6 heteroatoms. The summed E-state index contributed by atoms with van der Waals surface area (Å²) in [5.41, 5.74) is -0.225. The summed E-state index contributed by atoms with van der Waals surface area (Å²) in [6.07, 6.45) is 0.141. The second-order valence-electron chi connectivity index (χ2n) is 3.62. The van der Waals surface area contributed by atoms with E-state index in [0.29, 0.717) is 19.8 Å². The lowest BCUT2D eigenvalue weighted by atomic mass is 9.78. The first-order chi connectivity index (χ1) is 5.52. The van der Waals surface area contributed by atoms with Crippen molar-refractivity contribution in [3.8, 4) is 0 Å². The molecule has 0 aliphatic carbocycles. The molecule has 12 heavy (non-hydrogen) atoms. The van der Waals surface area contributed by atoms with E-state index < -0.39 is 13.4 Å². The van der Waals surface area contributed by atoms with Crippen LogP contribution in [0.5, 0.6) is 0 Å². The van der Waals surface area contributed by atoms with E-state index in [1.165, 1.54) is 4.90 Å². The summed E-state index contributed by atoms with van der Waals surface area (Å²) in [4.78, 5) is 1.50. The first-order valence-electron chi connectivity index (χ1n) is 4.06. The first-order valence-corrected chi connectivity index (χ1v) is 4.06. The molecule has 70 valence electrons. The zero-order chi connectivity index (χ0) is 8.82. The lowest BCUT2D eigenvalue weighted by molar-refractivity contribution is -0.187. The van der Waals surface area contributed by atoms with Gasteiger partial charge in [0.1, 0.15) is 0 Å². The molecule has 2 aliphatic heterocycles. The van der Waals surface area contributed by atoms with E-state index in [1.807, 2.05) is 0 Å². The van der Waals surface area contributed by atoms with E-state index in [0.717, 1.165) is 6.42 Å². The maximum atomic E-state index is 12.0. The normalized spacial score (nSPS) is 28.2. The van der Waals surface area contributed by atoms with Gasteiger partial charge in [0.15, 0.2) is 0 Å². The second-order valence-corrected chi connectivity index (χ2v) is 3.62. The molecule has 0 N–H and O–H groups in total. The summed E-state index contributed by atoms with van der Waals surface area (Å²) in [5, 5.41) is 0. The third-order valence-corrected chi connectivity index (χ3v) is 2.69. The van der Waals surface area contributed by atoms with Crippen LogP contribution in [0.15, 0.2) is 0 Å². The van der Waals surface area contributed by atoms with Gasteiger partial charge >= 0.3 is 6.98 Å². The Kier molecular flexibility index (Phi) is 1.67. The van der Waals surface area contributed by atoms with Crippen LogP contribution in [0.1, 0.15) is 6.42 Å². The Morgan fingerprint density at radius 2 is 2.00 bits per heavy atom. The smallest absolute Gasteiger partial charge is 0.448 e. The van der Waals surface area contributed by atoms with Gasteiger partial charge in [0, 0.05) is 0 Å². The average molecular weight is 180 g/mol. The molecule has 2 fully saturated rings. The van der Waals surface area contributed by atoms with Gasteiger partial charge in [0.25, 0.3) is 0 Å². The summed E-state index contributed by atoms with van der Waals surface area (Å²) in [5.74, 6) is 0. The molecular weight excluding hydrogens is 170 g/mol. The Hall–Kier alpha value is -0.225. The highest BCUT2D eigenvalue weighted by molar-refractivity contribution is 6.58. The van der Waals surface area contributed by atoms with Gasteiger partial charge in [-0.3, -0.25) is 0 Å². The van der Waals surface area contributed by atoms with Crippen molar-refractivity contribution in [2.45, 2.75) is 12.0 Å². The number of hydrogen-bond donors (Lipinski definition) is 0. The molecule has 2 aliphatic rings. The van der Waals surface area contributed by atoms with Gasteiger partial charge in [-0.25, -0.2) is 0 Å². The fraction of sp³-hybridized carbons (Fsp3) is 1.00. The van der Waals surface area contributed by atoms with E-state index in [-0.39, 0.29) is 5.54 Å². The standard InChI is InChI=1S/C6H10BF3NO/c8-7(9,10)5-11-2-1-6(11)3-12-4-6/h1-5H2/q-1. The molecule has 2 saturated heterocycles. The van der Waals surface area contributed by atoms with Crippen LogP contribution in [0, 0.1) is 0 Å². The number of hydrogen-bond acceptors (Lipinski definition) is 2. The topological polar surface area (TPSA) is 12.5 Å². The second kappa shape index (κ2) is 2.39. The minimum absolute atomic E-state index is 0.225. The third kappa shape index (κ3) is 1.23. The number of rotatable bonds is 2. The van der Waals surface area contributed by atoms with Crippen molar-refractivity contribution in [3.63, 3.8) is 0 Å². The summed E-state index contributed by atoms with van der Waals surface area (Å²) in [6.45, 7) is -3.12. The van der Waals surface area contributed by atoms with Crippen LogP contribution in [-0.4, -0.2) is 43.6 Å². The molecule has 2 rings (SSSR count). The van der Waals surface area contributed by atoms with Gasteiger partial charge in [-0.15, -0.1) is 0 Å². The van der Waals surface area contributed by atoms with Crippen LogP contribution < -0.4 is 0 Å². The molecule has 0 aromatic carbocycles. The third-order valence-electron chi connectivity index (χ3n) is 2.69. The fourth-order valence-corrected chi connectivity index (χ4v) is 1.79. The number of halogens is 3. The molecule has 0 atom stereocenters. The molecule has 0 radical (unpaired) electrons. The molecule has 0 aromatic rings. The highest BCUT2D eigenvalue weighted by atomic mass is 19.4. The Bertz CT molecular complexity index is 186. The maximum absolute atomic E-state index is 12.0. The number of likely N-dealkylation sites (tertiary alicyclic amines) is 1. The van der Waals surface area contributed by atoms with Gasteiger partial charge in [-0.2, -0.15) is 0 Å². The van der Waals surface area contributed by atoms with E-state index in [4.69, 9.17) is 4.74 Å². The fourth-order valence-electron chi connectivity index (χ4n) is 1.79. The predicted octanol–water partition coefficient (Wildman–Crippen LogP) is 0.848. The molecule has 2 nitrogen and oxygen atoms in total. The highest BCUT2D eigenvalue weighted by Gasteiger charge is 2.51. The molecule has 0 amide bonds. The van der Waals surface area contributed by atoms with Crippen LogP contribution in [-0.2, 0) is 4.74 Å². The lowest BCUT2D eigenvalue weighted by Gasteiger charge is -2.59.